The molecule has 0 fully saturated rings. The highest BCUT2D eigenvalue weighted by Crippen LogP contribution is 2.23. The average Bonchev–Trinajstić information content (AvgIpc) is 2.83. The summed E-state index contributed by atoms with van der Waals surface area (Å²) in [6.45, 7) is 0. The minimum atomic E-state index is 0.374. The normalized spacial score (nSPS) is 11.1. The molecule has 16 heavy (non-hydrogen) atoms. The van der Waals surface area contributed by atoms with Gasteiger partial charge in [-0.1, -0.05) is 11.6 Å². The van der Waals surface area contributed by atoms with Gasteiger partial charge in [0, 0.05) is 0 Å². The van der Waals surface area contributed by atoms with Gasteiger partial charge in [-0.05, 0) is 40.2 Å². The van der Waals surface area contributed by atoms with Gasteiger partial charge in [-0.25, -0.2) is 0 Å². The van der Waals surface area contributed by atoms with E-state index in [2.05, 4.69) is 31.2 Å². The predicted octanol–water partition coefficient (Wildman–Crippen LogP) is 2.80. The summed E-state index contributed by atoms with van der Waals surface area (Å²) in [6.07, 6.45) is 0. The monoisotopic (exact) mass is 298 g/mol. The highest BCUT2D eigenvalue weighted by Gasteiger charge is 2.12. The van der Waals surface area contributed by atoms with Gasteiger partial charge in [-0.15, -0.1) is 10.2 Å². The maximum Gasteiger partial charge on any atom is 0.220 e. The summed E-state index contributed by atoms with van der Waals surface area (Å²) in [7, 11) is 0. The van der Waals surface area contributed by atoms with Crippen molar-refractivity contribution in [2.24, 2.45) is 0 Å². The third kappa shape index (κ3) is 1.50. The Hall–Kier alpha value is -1.40. The van der Waals surface area contributed by atoms with Crippen LogP contribution < -0.4 is 0 Å². The molecule has 3 aromatic rings. The Morgan fingerprint density at radius 1 is 1.19 bits per heavy atom. The van der Waals surface area contributed by atoms with Crippen molar-refractivity contribution in [3.63, 3.8) is 0 Å². The number of aromatic nitrogens is 4. The number of hydrogen-bond donors (Lipinski definition) is 0. The summed E-state index contributed by atoms with van der Waals surface area (Å²) in [5.74, 6) is 1.09. The topological polar surface area (TPSA) is 56.2 Å². The van der Waals surface area contributed by atoms with E-state index in [1.54, 1.807) is 24.3 Å². The molecule has 0 aliphatic rings. The molecule has 3 aromatic heterocycles. The third-order valence-electron chi connectivity index (χ3n) is 2.02. The summed E-state index contributed by atoms with van der Waals surface area (Å²) in [4.78, 5) is 0. The summed E-state index contributed by atoms with van der Waals surface area (Å²) in [6, 6.07) is 6.96. The van der Waals surface area contributed by atoms with Gasteiger partial charge in [0.25, 0.3) is 0 Å². The van der Waals surface area contributed by atoms with E-state index in [4.69, 9.17) is 16.0 Å². The molecule has 0 bridgehead atoms. The fourth-order valence-electron chi connectivity index (χ4n) is 1.35. The van der Waals surface area contributed by atoms with Crippen molar-refractivity contribution in [1.82, 2.24) is 19.8 Å². The molecule has 7 heteroatoms. The Kier molecular flexibility index (Phi) is 2.19. The first-order valence-electron chi connectivity index (χ1n) is 4.38. The number of furan rings is 1. The lowest BCUT2D eigenvalue weighted by atomic mass is 10.4. The van der Waals surface area contributed by atoms with Gasteiger partial charge in [0.2, 0.25) is 5.82 Å². The Labute approximate surface area is 103 Å². The molecule has 0 saturated heterocycles. The quantitative estimate of drug-likeness (QED) is 0.693. The number of nitrogens with zero attached hydrogens (tertiary/aromatic N) is 4. The van der Waals surface area contributed by atoms with Crippen LogP contribution in [0.5, 0.6) is 0 Å². The maximum absolute atomic E-state index is 5.81. The molecule has 5 nitrogen and oxygen atoms in total. The van der Waals surface area contributed by atoms with E-state index >= 15 is 0 Å². The van der Waals surface area contributed by atoms with Crippen LogP contribution in [-0.2, 0) is 0 Å². The van der Waals surface area contributed by atoms with Crippen molar-refractivity contribution in [2.75, 3.05) is 0 Å². The molecular weight excluding hydrogens is 295 g/mol. The predicted molar refractivity (Wildman–Crippen MR) is 61.2 cm³/mol. The van der Waals surface area contributed by atoms with E-state index in [0.29, 0.717) is 27.1 Å². The minimum Gasteiger partial charge on any atom is -0.446 e. The van der Waals surface area contributed by atoms with E-state index in [9.17, 15) is 0 Å². The molecule has 0 N–H and O–H groups in total. The third-order valence-corrected chi connectivity index (χ3v) is 2.65. The second-order valence-corrected chi connectivity index (χ2v) is 4.22. The molecule has 0 amide bonds. The second-order valence-electron chi connectivity index (χ2n) is 3.05. The zero-order chi connectivity index (χ0) is 11.1. The smallest absolute Gasteiger partial charge is 0.220 e. The van der Waals surface area contributed by atoms with Crippen LogP contribution in [0.1, 0.15) is 0 Å². The molecule has 0 spiro atoms. The Bertz CT molecular complexity index is 662. The molecule has 0 aliphatic heterocycles. The summed E-state index contributed by atoms with van der Waals surface area (Å²) < 4.78 is 7.55. The summed E-state index contributed by atoms with van der Waals surface area (Å²) >= 11 is 9.04. The van der Waals surface area contributed by atoms with Crippen LogP contribution in [0.2, 0.25) is 5.15 Å². The van der Waals surface area contributed by atoms with E-state index in [1.807, 2.05) is 0 Å². The van der Waals surface area contributed by atoms with Crippen molar-refractivity contribution in [3.05, 3.63) is 34.1 Å². The number of rotatable bonds is 1. The zero-order valence-electron chi connectivity index (χ0n) is 7.76. The minimum absolute atomic E-state index is 0.374. The number of fused-ring (bicyclic) bond motifs is 1. The molecule has 80 valence electrons. The van der Waals surface area contributed by atoms with E-state index in [-0.39, 0.29) is 0 Å². The Morgan fingerprint density at radius 3 is 2.81 bits per heavy atom. The Balaban J connectivity index is 2.27. The first-order valence-corrected chi connectivity index (χ1v) is 5.55. The van der Waals surface area contributed by atoms with Gasteiger partial charge in [-0.2, -0.15) is 9.61 Å². The number of hydrogen-bond acceptors (Lipinski definition) is 4. The zero-order valence-corrected chi connectivity index (χ0v) is 10.1. The van der Waals surface area contributed by atoms with Gasteiger partial charge in [0.1, 0.15) is 5.15 Å². The summed E-state index contributed by atoms with van der Waals surface area (Å²) in [5.41, 5.74) is 0.618. The van der Waals surface area contributed by atoms with E-state index < -0.39 is 0 Å². The van der Waals surface area contributed by atoms with Crippen molar-refractivity contribution in [2.45, 2.75) is 0 Å². The molecule has 3 heterocycles. The van der Waals surface area contributed by atoms with Crippen LogP contribution in [0, 0.1) is 0 Å². The van der Waals surface area contributed by atoms with Gasteiger partial charge >= 0.3 is 0 Å². The summed E-state index contributed by atoms with van der Waals surface area (Å²) in [5, 5.41) is 12.4. The van der Waals surface area contributed by atoms with Gasteiger partial charge in [0.05, 0.1) is 0 Å². The largest absolute Gasteiger partial charge is 0.446 e. The van der Waals surface area contributed by atoms with Crippen LogP contribution in [0.3, 0.4) is 0 Å². The fourth-order valence-corrected chi connectivity index (χ4v) is 1.80. The van der Waals surface area contributed by atoms with Crippen molar-refractivity contribution in [1.29, 1.82) is 0 Å². The Morgan fingerprint density at radius 2 is 2.06 bits per heavy atom. The molecule has 0 aliphatic carbocycles. The van der Waals surface area contributed by atoms with Crippen molar-refractivity contribution < 1.29 is 4.42 Å². The molecule has 0 atom stereocenters. The van der Waals surface area contributed by atoms with Crippen LogP contribution >= 0.6 is 27.5 Å². The van der Waals surface area contributed by atoms with Gasteiger partial charge < -0.3 is 4.42 Å². The van der Waals surface area contributed by atoms with Crippen molar-refractivity contribution >= 4 is 33.2 Å². The van der Waals surface area contributed by atoms with E-state index in [1.165, 1.54) is 4.52 Å². The highest BCUT2D eigenvalue weighted by molar-refractivity contribution is 9.10. The maximum atomic E-state index is 5.81. The van der Waals surface area contributed by atoms with Crippen LogP contribution in [0.4, 0.5) is 0 Å². The molecular formula is C9H4BrClN4O. The van der Waals surface area contributed by atoms with E-state index in [0.717, 1.165) is 0 Å². The molecule has 0 aromatic carbocycles. The lowest BCUT2D eigenvalue weighted by molar-refractivity contribution is 0.549. The standard InChI is InChI=1S/C9H4BrClN4O/c10-6-2-1-5(16-6)9-13-12-8-4-3-7(11)14-15(8)9/h1-4H. The van der Waals surface area contributed by atoms with Crippen LogP contribution in [0.25, 0.3) is 17.2 Å². The molecule has 3 rings (SSSR count). The fraction of sp³-hybridized carbons (Fsp3) is 0. The van der Waals surface area contributed by atoms with Gasteiger partial charge in [0.15, 0.2) is 16.1 Å². The first-order chi connectivity index (χ1) is 7.74. The molecule has 0 unspecified atom stereocenters. The second kappa shape index (κ2) is 3.57. The van der Waals surface area contributed by atoms with Gasteiger partial charge in [-0.3, -0.25) is 0 Å². The molecule has 0 radical (unpaired) electrons. The molecule has 0 saturated carbocycles. The highest BCUT2D eigenvalue weighted by atomic mass is 79.9. The average molecular weight is 300 g/mol. The first kappa shape index (κ1) is 9.80. The van der Waals surface area contributed by atoms with Crippen molar-refractivity contribution in [3.8, 4) is 11.6 Å². The van der Waals surface area contributed by atoms with Crippen LogP contribution in [-0.4, -0.2) is 19.8 Å². The lowest BCUT2D eigenvalue weighted by Gasteiger charge is -1.95. The SMILES string of the molecule is Clc1ccc2nnc(-c3ccc(Br)o3)n2n1. The number of halogens is 2. The van der Waals surface area contributed by atoms with Crippen LogP contribution in [0.15, 0.2) is 33.4 Å². The lowest BCUT2D eigenvalue weighted by Crippen LogP contribution is -1.93.